The number of hydrogen-bond acceptors (Lipinski definition) is 2. The highest BCUT2D eigenvalue weighted by molar-refractivity contribution is 5.07. The van der Waals surface area contributed by atoms with E-state index in [-0.39, 0.29) is 5.54 Å². The summed E-state index contributed by atoms with van der Waals surface area (Å²) in [6, 6.07) is 0. The topological polar surface area (TPSA) is 29.3 Å². The van der Waals surface area contributed by atoms with Gasteiger partial charge in [-0.1, -0.05) is 27.2 Å². The average Bonchev–Trinajstić information content (AvgIpc) is 2.46. The summed E-state index contributed by atoms with van der Waals surface area (Å²) in [4.78, 5) is 2.75. The summed E-state index contributed by atoms with van der Waals surface area (Å²) in [6.07, 6.45) is 8.13. The van der Waals surface area contributed by atoms with E-state index in [4.69, 9.17) is 5.73 Å². The minimum Gasteiger partial charge on any atom is -0.329 e. The van der Waals surface area contributed by atoms with Crippen LogP contribution in [0.2, 0.25) is 0 Å². The van der Waals surface area contributed by atoms with E-state index in [1.165, 1.54) is 51.6 Å². The molecule has 1 saturated heterocycles. The van der Waals surface area contributed by atoms with Crippen molar-refractivity contribution in [3.8, 4) is 0 Å². The minimum absolute atomic E-state index is 0.289. The summed E-state index contributed by atoms with van der Waals surface area (Å²) in [6.45, 7) is 10.6. The molecule has 17 heavy (non-hydrogen) atoms. The Hall–Kier alpha value is -0.0800. The lowest BCUT2D eigenvalue weighted by atomic mass is 9.73. The molecule has 1 aliphatic carbocycles. The van der Waals surface area contributed by atoms with Crippen LogP contribution in [0.25, 0.3) is 0 Å². The first-order chi connectivity index (χ1) is 8.02. The summed E-state index contributed by atoms with van der Waals surface area (Å²) in [5.74, 6) is 0.902. The number of rotatable bonds is 2. The van der Waals surface area contributed by atoms with Crippen molar-refractivity contribution in [3.63, 3.8) is 0 Å². The van der Waals surface area contributed by atoms with E-state index >= 15 is 0 Å². The minimum atomic E-state index is 0.289. The highest BCUT2D eigenvalue weighted by Gasteiger charge is 2.51. The van der Waals surface area contributed by atoms with Gasteiger partial charge in [0.2, 0.25) is 0 Å². The van der Waals surface area contributed by atoms with E-state index in [0.717, 1.165) is 12.5 Å². The Morgan fingerprint density at radius 3 is 2.47 bits per heavy atom. The maximum Gasteiger partial charge on any atom is 0.0382 e. The van der Waals surface area contributed by atoms with E-state index < -0.39 is 0 Å². The van der Waals surface area contributed by atoms with Crippen LogP contribution in [0.1, 0.15) is 59.3 Å². The first kappa shape index (κ1) is 13.4. The highest BCUT2D eigenvalue weighted by Crippen LogP contribution is 2.49. The number of nitrogens with zero attached hydrogens (tertiary/aromatic N) is 1. The van der Waals surface area contributed by atoms with E-state index in [1.807, 2.05) is 0 Å². The van der Waals surface area contributed by atoms with Crippen molar-refractivity contribution in [2.45, 2.75) is 64.8 Å². The summed E-state index contributed by atoms with van der Waals surface area (Å²) in [7, 11) is 0. The molecule has 1 heterocycles. The maximum absolute atomic E-state index is 6.22. The van der Waals surface area contributed by atoms with Crippen molar-refractivity contribution in [3.05, 3.63) is 0 Å². The molecular formula is C15H30N2. The first-order valence-corrected chi connectivity index (χ1v) is 7.47. The van der Waals surface area contributed by atoms with Gasteiger partial charge < -0.3 is 5.73 Å². The molecule has 2 atom stereocenters. The van der Waals surface area contributed by atoms with Crippen LogP contribution >= 0.6 is 0 Å². The lowest BCUT2D eigenvalue weighted by Gasteiger charge is -2.49. The van der Waals surface area contributed by atoms with Crippen molar-refractivity contribution in [1.82, 2.24) is 4.90 Å². The lowest BCUT2D eigenvalue weighted by molar-refractivity contribution is 0.0146. The van der Waals surface area contributed by atoms with E-state index in [1.54, 1.807) is 0 Å². The van der Waals surface area contributed by atoms with Crippen LogP contribution in [-0.2, 0) is 0 Å². The third-order valence-electron chi connectivity index (χ3n) is 5.61. The number of likely N-dealkylation sites (tertiary alicyclic amines) is 1. The summed E-state index contributed by atoms with van der Waals surface area (Å²) in [5, 5.41) is 0. The molecule has 0 aromatic rings. The quantitative estimate of drug-likeness (QED) is 0.801. The fraction of sp³-hybridized carbons (Fsp3) is 1.00. The van der Waals surface area contributed by atoms with Gasteiger partial charge in [-0.3, -0.25) is 4.90 Å². The fourth-order valence-electron chi connectivity index (χ4n) is 4.18. The molecule has 0 radical (unpaired) electrons. The monoisotopic (exact) mass is 238 g/mol. The van der Waals surface area contributed by atoms with Crippen LogP contribution in [-0.4, -0.2) is 30.1 Å². The molecular weight excluding hydrogens is 208 g/mol. The van der Waals surface area contributed by atoms with Gasteiger partial charge >= 0.3 is 0 Å². The SMILES string of the molecule is CC1CCCN(C2(CN)CCCC2(C)C)CC1. The molecule has 0 amide bonds. The van der Waals surface area contributed by atoms with Gasteiger partial charge in [-0.15, -0.1) is 0 Å². The molecule has 100 valence electrons. The second-order valence-electron chi connectivity index (χ2n) is 7.00. The molecule has 0 bridgehead atoms. The van der Waals surface area contributed by atoms with Crippen molar-refractivity contribution in [1.29, 1.82) is 0 Å². The van der Waals surface area contributed by atoms with Crippen molar-refractivity contribution in [2.24, 2.45) is 17.1 Å². The predicted octanol–water partition coefficient (Wildman–Crippen LogP) is 3.02. The molecule has 0 spiro atoms. The predicted molar refractivity (Wildman–Crippen MR) is 74.0 cm³/mol. The lowest BCUT2D eigenvalue weighted by Crippen LogP contribution is -2.60. The second kappa shape index (κ2) is 4.89. The van der Waals surface area contributed by atoms with Crippen molar-refractivity contribution in [2.75, 3.05) is 19.6 Å². The molecule has 2 N–H and O–H groups in total. The molecule has 2 nitrogen and oxygen atoms in total. The smallest absolute Gasteiger partial charge is 0.0382 e. The Morgan fingerprint density at radius 1 is 1.12 bits per heavy atom. The number of hydrogen-bond donors (Lipinski definition) is 1. The Kier molecular flexibility index (Phi) is 3.84. The highest BCUT2D eigenvalue weighted by atomic mass is 15.2. The molecule has 1 saturated carbocycles. The normalized spacial score (nSPS) is 39.2. The third-order valence-corrected chi connectivity index (χ3v) is 5.61. The van der Waals surface area contributed by atoms with Gasteiger partial charge in [0.25, 0.3) is 0 Å². The Balaban J connectivity index is 2.17. The second-order valence-corrected chi connectivity index (χ2v) is 7.00. The van der Waals surface area contributed by atoms with Gasteiger partial charge in [0.05, 0.1) is 0 Å². The molecule has 0 aromatic heterocycles. The van der Waals surface area contributed by atoms with Crippen LogP contribution in [0.5, 0.6) is 0 Å². The first-order valence-electron chi connectivity index (χ1n) is 7.47. The number of nitrogens with two attached hydrogens (primary N) is 1. The van der Waals surface area contributed by atoms with Gasteiger partial charge in [0, 0.05) is 12.1 Å². The summed E-state index contributed by atoms with van der Waals surface area (Å²) < 4.78 is 0. The summed E-state index contributed by atoms with van der Waals surface area (Å²) in [5.41, 5.74) is 6.91. The Labute approximate surface area is 107 Å². The average molecular weight is 238 g/mol. The maximum atomic E-state index is 6.22. The molecule has 1 aliphatic heterocycles. The largest absolute Gasteiger partial charge is 0.329 e. The zero-order valence-corrected chi connectivity index (χ0v) is 12.0. The third kappa shape index (κ3) is 2.26. The van der Waals surface area contributed by atoms with Crippen LogP contribution in [0.4, 0.5) is 0 Å². The van der Waals surface area contributed by atoms with E-state index in [2.05, 4.69) is 25.7 Å². The zero-order chi connectivity index (χ0) is 12.5. The van der Waals surface area contributed by atoms with Crippen LogP contribution in [0, 0.1) is 11.3 Å². The van der Waals surface area contributed by atoms with E-state index in [0.29, 0.717) is 5.41 Å². The van der Waals surface area contributed by atoms with Crippen LogP contribution in [0.3, 0.4) is 0 Å². The molecule has 2 heteroatoms. The standard InChI is InChI=1S/C15H30N2/c1-13-6-4-10-17(11-7-13)15(12-16)9-5-8-14(15,2)3/h13H,4-12,16H2,1-3H3. The van der Waals surface area contributed by atoms with Gasteiger partial charge in [-0.2, -0.15) is 0 Å². The Bertz CT molecular complexity index is 262. The van der Waals surface area contributed by atoms with Gasteiger partial charge in [0.15, 0.2) is 0 Å². The molecule has 2 rings (SSSR count). The van der Waals surface area contributed by atoms with Gasteiger partial charge in [-0.05, 0) is 56.5 Å². The van der Waals surface area contributed by atoms with Gasteiger partial charge in [0.1, 0.15) is 0 Å². The Morgan fingerprint density at radius 2 is 1.88 bits per heavy atom. The van der Waals surface area contributed by atoms with Crippen LogP contribution < -0.4 is 5.73 Å². The van der Waals surface area contributed by atoms with E-state index in [9.17, 15) is 0 Å². The zero-order valence-electron chi connectivity index (χ0n) is 12.0. The summed E-state index contributed by atoms with van der Waals surface area (Å²) >= 11 is 0. The molecule has 2 aliphatic rings. The van der Waals surface area contributed by atoms with Gasteiger partial charge in [-0.25, -0.2) is 0 Å². The van der Waals surface area contributed by atoms with Crippen LogP contribution in [0.15, 0.2) is 0 Å². The van der Waals surface area contributed by atoms with Crippen molar-refractivity contribution >= 4 is 0 Å². The molecule has 0 aromatic carbocycles. The molecule has 2 fully saturated rings. The fourth-order valence-corrected chi connectivity index (χ4v) is 4.18. The molecule has 2 unspecified atom stereocenters. The van der Waals surface area contributed by atoms with Crippen molar-refractivity contribution < 1.29 is 0 Å².